The van der Waals surface area contributed by atoms with Crippen LogP contribution in [0.25, 0.3) is 0 Å². The van der Waals surface area contributed by atoms with Gasteiger partial charge in [0.05, 0.1) is 6.61 Å². The average Bonchev–Trinajstić information content (AvgIpc) is 2.56. The number of carboxylic acids is 1. The van der Waals surface area contributed by atoms with Crippen LogP contribution in [0.4, 0.5) is 0 Å². The van der Waals surface area contributed by atoms with Crippen LogP contribution in [0, 0.1) is 0 Å². The number of Topliss-reactive ketones (excluding diaryl/α,β-unsaturated/α-hetero) is 1. The summed E-state index contributed by atoms with van der Waals surface area (Å²) in [4.78, 5) is 23.8. The fourth-order valence-electron chi connectivity index (χ4n) is 2.82. The predicted molar refractivity (Wildman–Crippen MR) is 92.4 cm³/mol. The number of benzene rings is 1. The standard InChI is InChI=1S/C18H24O4S/c1-2-22-14-10-8-13(9-11-14)16(19)12-17(18(20)21)23-15-6-4-3-5-7-15/h8-11,15,17H,2-7,12H2,1H3,(H,20,21)/t17-/m0/s1. The Balaban J connectivity index is 1.95. The first kappa shape index (κ1) is 17.9. The monoisotopic (exact) mass is 336 g/mol. The maximum Gasteiger partial charge on any atom is 0.317 e. The van der Waals surface area contributed by atoms with Crippen molar-refractivity contribution >= 4 is 23.5 Å². The zero-order valence-corrected chi connectivity index (χ0v) is 14.3. The molecule has 0 aromatic heterocycles. The second-order valence-electron chi connectivity index (χ2n) is 5.81. The molecule has 1 aromatic rings. The quantitative estimate of drug-likeness (QED) is 0.722. The van der Waals surface area contributed by atoms with E-state index < -0.39 is 11.2 Å². The van der Waals surface area contributed by atoms with Crippen LogP contribution in [-0.2, 0) is 4.79 Å². The van der Waals surface area contributed by atoms with E-state index in [-0.39, 0.29) is 12.2 Å². The molecule has 1 N–H and O–H groups in total. The maximum atomic E-state index is 12.4. The summed E-state index contributed by atoms with van der Waals surface area (Å²) in [5, 5.41) is 9.14. The van der Waals surface area contributed by atoms with Gasteiger partial charge in [0, 0.05) is 17.2 Å². The number of rotatable bonds is 8. The first-order chi connectivity index (χ1) is 11.1. The first-order valence-electron chi connectivity index (χ1n) is 8.24. The lowest BCUT2D eigenvalue weighted by molar-refractivity contribution is -0.136. The summed E-state index contributed by atoms with van der Waals surface area (Å²) in [7, 11) is 0. The summed E-state index contributed by atoms with van der Waals surface area (Å²) in [6.07, 6.45) is 5.73. The minimum Gasteiger partial charge on any atom is -0.494 e. The Morgan fingerprint density at radius 1 is 1.22 bits per heavy atom. The zero-order chi connectivity index (χ0) is 16.7. The lowest BCUT2D eigenvalue weighted by Gasteiger charge is -2.24. The van der Waals surface area contributed by atoms with Gasteiger partial charge in [-0.2, -0.15) is 0 Å². The summed E-state index contributed by atoms with van der Waals surface area (Å²) in [5.41, 5.74) is 0.545. The van der Waals surface area contributed by atoms with Crippen molar-refractivity contribution in [2.24, 2.45) is 0 Å². The highest BCUT2D eigenvalue weighted by Crippen LogP contribution is 2.33. The number of carboxylic acid groups (broad SMARTS) is 1. The number of carbonyl (C=O) groups is 2. The Labute approximate surface area is 141 Å². The van der Waals surface area contributed by atoms with Crippen molar-refractivity contribution in [3.8, 4) is 5.75 Å². The molecule has 0 bridgehead atoms. The molecule has 1 saturated carbocycles. The van der Waals surface area contributed by atoms with Crippen molar-refractivity contribution < 1.29 is 19.4 Å². The van der Waals surface area contributed by atoms with Crippen LogP contribution >= 0.6 is 11.8 Å². The molecule has 23 heavy (non-hydrogen) atoms. The molecule has 0 amide bonds. The molecule has 1 aliphatic rings. The van der Waals surface area contributed by atoms with E-state index in [4.69, 9.17) is 4.74 Å². The van der Waals surface area contributed by atoms with Gasteiger partial charge in [0.2, 0.25) is 0 Å². The van der Waals surface area contributed by atoms with Gasteiger partial charge < -0.3 is 9.84 Å². The molecule has 0 radical (unpaired) electrons. The molecule has 0 aliphatic heterocycles. The normalized spacial score (nSPS) is 16.7. The molecule has 1 atom stereocenters. The molecule has 5 heteroatoms. The maximum absolute atomic E-state index is 12.4. The number of ether oxygens (including phenoxy) is 1. The van der Waals surface area contributed by atoms with Crippen molar-refractivity contribution in [1.82, 2.24) is 0 Å². The Morgan fingerprint density at radius 3 is 2.43 bits per heavy atom. The van der Waals surface area contributed by atoms with E-state index >= 15 is 0 Å². The van der Waals surface area contributed by atoms with Crippen LogP contribution in [0.15, 0.2) is 24.3 Å². The molecule has 0 heterocycles. The van der Waals surface area contributed by atoms with Crippen molar-refractivity contribution in [3.63, 3.8) is 0 Å². The average molecular weight is 336 g/mol. The molecule has 2 rings (SSSR count). The number of aliphatic carboxylic acids is 1. The van der Waals surface area contributed by atoms with Gasteiger partial charge in [-0.05, 0) is 44.0 Å². The number of hydrogen-bond acceptors (Lipinski definition) is 4. The Morgan fingerprint density at radius 2 is 1.87 bits per heavy atom. The van der Waals surface area contributed by atoms with E-state index in [0.717, 1.165) is 31.4 Å². The highest BCUT2D eigenvalue weighted by atomic mass is 32.2. The minimum absolute atomic E-state index is 0.0461. The number of thioether (sulfide) groups is 1. The van der Waals surface area contributed by atoms with Gasteiger partial charge in [0.1, 0.15) is 11.0 Å². The molecule has 0 spiro atoms. The van der Waals surface area contributed by atoms with Gasteiger partial charge in [-0.1, -0.05) is 19.3 Å². The van der Waals surface area contributed by atoms with Crippen molar-refractivity contribution in [1.29, 1.82) is 0 Å². The Hall–Kier alpha value is -1.49. The van der Waals surface area contributed by atoms with Crippen LogP contribution in [0.5, 0.6) is 5.75 Å². The van der Waals surface area contributed by atoms with Gasteiger partial charge in [-0.15, -0.1) is 11.8 Å². The van der Waals surface area contributed by atoms with Crippen molar-refractivity contribution in [2.45, 2.75) is 55.9 Å². The van der Waals surface area contributed by atoms with Gasteiger partial charge in [-0.3, -0.25) is 9.59 Å². The highest BCUT2D eigenvalue weighted by Gasteiger charge is 2.27. The van der Waals surface area contributed by atoms with E-state index in [2.05, 4.69) is 0 Å². The summed E-state index contributed by atoms with van der Waals surface area (Å²) < 4.78 is 5.35. The van der Waals surface area contributed by atoms with E-state index in [1.165, 1.54) is 18.2 Å². The number of carbonyl (C=O) groups excluding carboxylic acids is 1. The van der Waals surface area contributed by atoms with E-state index in [1.807, 2.05) is 6.92 Å². The number of hydrogen-bond donors (Lipinski definition) is 1. The molecule has 126 valence electrons. The van der Waals surface area contributed by atoms with E-state index in [9.17, 15) is 14.7 Å². The SMILES string of the molecule is CCOc1ccc(C(=O)C[C@H](SC2CCCCC2)C(=O)O)cc1. The van der Waals surface area contributed by atoms with Gasteiger partial charge in [0.25, 0.3) is 0 Å². The third kappa shape index (κ3) is 5.57. The summed E-state index contributed by atoms with van der Waals surface area (Å²) >= 11 is 1.46. The molecule has 0 saturated heterocycles. The second kappa shape index (κ2) is 8.96. The second-order valence-corrected chi connectivity index (χ2v) is 7.32. The Kier molecular flexibility index (Phi) is 6.96. The molecular weight excluding hydrogens is 312 g/mol. The van der Waals surface area contributed by atoms with Crippen LogP contribution in [-0.4, -0.2) is 34.0 Å². The Bertz CT molecular complexity index is 520. The van der Waals surface area contributed by atoms with Crippen LogP contribution in [0.1, 0.15) is 55.8 Å². The third-order valence-corrected chi connectivity index (χ3v) is 5.60. The molecule has 4 nitrogen and oxygen atoms in total. The van der Waals surface area contributed by atoms with Gasteiger partial charge in [-0.25, -0.2) is 0 Å². The van der Waals surface area contributed by atoms with Crippen molar-refractivity contribution in [3.05, 3.63) is 29.8 Å². The predicted octanol–water partition coefficient (Wildman–Crippen LogP) is 4.18. The van der Waals surface area contributed by atoms with E-state index in [0.29, 0.717) is 17.4 Å². The fourth-order valence-corrected chi connectivity index (χ4v) is 4.25. The molecule has 1 fully saturated rings. The van der Waals surface area contributed by atoms with E-state index in [1.54, 1.807) is 24.3 Å². The van der Waals surface area contributed by atoms with Gasteiger partial charge in [0.15, 0.2) is 5.78 Å². The molecule has 1 aliphatic carbocycles. The minimum atomic E-state index is -0.889. The smallest absolute Gasteiger partial charge is 0.317 e. The van der Waals surface area contributed by atoms with Crippen LogP contribution in [0.3, 0.4) is 0 Å². The third-order valence-electron chi connectivity index (χ3n) is 4.04. The largest absolute Gasteiger partial charge is 0.494 e. The van der Waals surface area contributed by atoms with Crippen LogP contribution in [0.2, 0.25) is 0 Å². The van der Waals surface area contributed by atoms with Gasteiger partial charge >= 0.3 is 5.97 Å². The summed E-state index contributed by atoms with van der Waals surface area (Å²) in [6.45, 7) is 2.48. The zero-order valence-electron chi connectivity index (χ0n) is 13.5. The molecular formula is C18H24O4S. The highest BCUT2D eigenvalue weighted by molar-refractivity contribution is 8.01. The first-order valence-corrected chi connectivity index (χ1v) is 9.18. The number of ketones is 1. The van der Waals surface area contributed by atoms with Crippen LogP contribution < -0.4 is 4.74 Å². The lowest BCUT2D eigenvalue weighted by Crippen LogP contribution is -2.24. The fraction of sp³-hybridized carbons (Fsp3) is 0.556. The summed E-state index contributed by atoms with van der Waals surface area (Å²) in [5.74, 6) is -0.293. The van der Waals surface area contributed by atoms with Crippen molar-refractivity contribution in [2.75, 3.05) is 6.61 Å². The topological polar surface area (TPSA) is 63.6 Å². The molecule has 0 unspecified atom stereocenters. The molecule has 1 aromatic carbocycles. The lowest BCUT2D eigenvalue weighted by atomic mass is 10.0. The summed E-state index contributed by atoms with van der Waals surface area (Å²) in [6, 6.07) is 6.91.